The number of benzene rings is 2. The average Bonchev–Trinajstić information content (AvgIpc) is 3.43. The van der Waals surface area contributed by atoms with Crippen LogP contribution in [0.4, 0.5) is 10.1 Å². The summed E-state index contributed by atoms with van der Waals surface area (Å²) in [6.45, 7) is 1.93. The lowest BCUT2D eigenvalue weighted by atomic mass is 10.1. The first kappa shape index (κ1) is 17.4. The SMILES string of the molecule is Cc1ccc(N2C(=O)CC(N(C(=O)c3ccc(F)cc3)C3CC3)C2=O)cc1. The highest BCUT2D eigenvalue weighted by molar-refractivity contribution is 6.23. The minimum absolute atomic E-state index is 0.0316. The maximum Gasteiger partial charge on any atom is 0.257 e. The summed E-state index contributed by atoms with van der Waals surface area (Å²) in [4.78, 5) is 41.2. The molecular formula is C21H19FN2O3. The fraction of sp³-hybridized carbons (Fsp3) is 0.286. The van der Waals surface area contributed by atoms with E-state index >= 15 is 0 Å². The van der Waals surface area contributed by atoms with Gasteiger partial charge in [0.05, 0.1) is 12.1 Å². The lowest BCUT2D eigenvalue weighted by Gasteiger charge is -2.27. The molecule has 0 N–H and O–H groups in total. The summed E-state index contributed by atoms with van der Waals surface area (Å²) >= 11 is 0. The molecule has 2 aliphatic rings. The van der Waals surface area contributed by atoms with Gasteiger partial charge in [0.2, 0.25) is 5.91 Å². The Bertz CT molecular complexity index is 904. The molecular weight excluding hydrogens is 347 g/mol. The topological polar surface area (TPSA) is 57.7 Å². The van der Waals surface area contributed by atoms with E-state index in [0.717, 1.165) is 23.3 Å². The molecule has 1 unspecified atom stereocenters. The van der Waals surface area contributed by atoms with Crippen LogP contribution in [0.2, 0.25) is 0 Å². The zero-order valence-corrected chi connectivity index (χ0v) is 14.9. The summed E-state index contributed by atoms with van der Waals surface area (Å²) in [5.41, 5.74) is 1.86. The third kappa shape index (κ3) is 3.23. The van der Waals surface area contributed by atoms with E-state index in [9.17, 15) is 18.8 Å². The molecule has 1 aliphatic heterocycles. The van der Waals surface area contributed by atoms with Gasteiger partial charge in [0.1, 0.15) is 11.9 Å². The highest BCUT2D eigenvalue weighted by Crippen LogP contribution is 2.35. The van der Waals surface area contributed by atoms with Crippen molar-refractivity contribution in [3.05, 3.63) is 65.5 Å². The quantitative estimate of drug-likeness (QED) is 0.782. The monoisotopic (exact) mass is 366 g/mol. The second-order valence-electron chi connectivity index (χ2n) is 7.07. The molecule has 0 aromatic heterocycles. The zero-order valence-electron chi connectivity index (χ0n) is 14.9. The molecule has 2 fully saturated rings. The van der Waals surface area contributed by atoms with Gasteiger partial charge in [0, 0.05) is 11.6 Å². The Balaban J connectivity index is 1.63. The predicted molar refractivity (Wildman–Crippen MR) is 97.7 cm³/mol. The Morgan fingerprint density at radius 3 is 2.26 bits per heavy atom. The summed E-state index contributed by atoms with van der Waals surface area (Å²) in [5, 5.41) is 0. The number of carbonyl (C=O) groups excluding carboxylic acids is 3. The third-order valence-electron chi connectivity index (χ3n) is 5.02. The molecule has 1 aliphatic carbocycles. The molecule has 2 aromatic rings. The van der Waals surface area contributed by atoms with Crippen LogP contribution in [0, 0.1) is 12.7 Å². The molecule has 3 amide bonds. The molecule has 1 saturated carbocycles. The molecule has 1 saturated heterocycles. The number of hydrogen-bond acceptors (Lipinski definition) is 3. The molecule has 0 radical (unpaired) electrons. The second-order valence-corrected chi connectivity index (χ2v) is 7.07. The van der Waals surface area contributed by atoms with Crippen molar-refractivity contribution in [2.45, 2.75) is 38.3 Å². The minimum atomic E-state index is -0.816. The van der Waals surface area contributed by atoms with Gasteiger partial charge in [-0.2, -0.15) is 0 Å². The molecule has 1 atom stereocenters. The predicted octanol–water partition coefficient (Wildman–Crippen LogP) is 3.07. The summed E-state index contributed by atoms with van der Waals surface area (Å²) in [7, 11) is 0. The fourth-order valence-corrected chi connectivity index (χ4v) is 3.45. The van der Waals surface area contributed by atoms with E-state index in [4.69, 9.17) is 0 Å². The number of carbonyl (C=O) groups is 3. The smallest absolute Gasteiger partial charge is 0.257 e. The number of halogens is 1. The van der Waals surface area contributed by atoms with Crippen LogP contribution < -0.4 is 4.90 Å². The number of amides is 3. The van der Waals surface area contributed by atoms with Gasteiger partial charge >= 0.3 is 0 Å². The van der Waals surface area contributed by atoms with Crippen LogP contribution in [-0.2, 0) is 9.59 Å². The van der Waals surface area contributed by atoms with Crippen molar-refractivity contribution in [2.24, 2.45) is 0 Å². The van der Waals surface area contributed by atoms with Crippen molar-refractivity contribution in [1.29, 1.82) is 0 Å². The molecule has 0 bridgehead atoms. The van der Waals surface area contributed by atoms with Crippen molar-refractivity contribution in [1.82, 2.24) is 4.90 Å². The fourth-order valence-electron chi connectivity index (χ4n) is 3.45. The van der Waals surface area contributed by atoms with E-state index in [1.807, 2.05) is 19.1 Å². The number of nitrogens with zero attached hydrogens (tertiary/aromatic N) is 2. The minimum Gasteiger partial charge on any atom is -0.323 e. The van der Waals surface area contributed by atoms with Gasteiger partial charge in [-0.1, -0.05) is 17.7 Å². The molecule has 1 heterocycles. The Morgan fingerprint density at radius 1 is 1.04 bits per heavy atom. The maximum absolute atomic E-state index is 13.2. The van der Waals surface area contributed by atoms with E-state index < -0.39 is 11.9 Å². The summed E-state index contributed by atoms with van der Waals surface area (Å²) in [6.07, 6.45) is 1.57. The average molecular weight is 366 g/mol. The van der Waals surface area contributed by atoms with Gasteiger partial charge in [-0.05, 0) is 56.2 Å². The maximum atomic E-state index is 13.2. The Morgan fingerprint density at radius 2 is 1.67 bits per heavy atom. The van der Waals surface area contributed by atoms with Gasteiger partial charge in [0.25, 0.3) is 11.8 Å². The first-order chi connectivity index (χ1) is 13.0. The Labute approximate surface area is 156 Å². The molecule has 5 nitrogen and oxygen atoms in total. The normalized spacial score (nSPS) is 19.5. The van der Waals surface area contributed by atoms with E-state index in [1.54, 1.807) is 12.1 Å². The van der Waals surface area contributed by atoms with Gasteiger partial charge in [0.15, 0.2) is 0 Å². The number of imide groups is 1. The number of hydrogen-bond donors (Lipinski definition) is 0. The van der Waals surface area contributed by atoms with Crippen molar-refractivity contribution in [2.75, 3.05) is 4.90 Å². The van der Waals surface area contributed by atoms with Crippen LogP contribution in [0.5, 0.6) is 0 Å². The molecule has 4 rings (SSSR count). The van der Waals surface area contributed by atoms with Crippen molar-refractivity contribution < 1.29 is 18.8 Å². The second kappa shape index (κ2) is 6.61. The largest absolute Gasteiger partial charge is 0.323 e. The number of rotatable bonds is 4. The molecule has 0 spiro atoms. The molecule has 138 valence electrons. The summed E-state index contributed by atoms with van der Waals surface area (Å²) in [5.74, 6) is -1.46. The third-order valence-corrected chi connectivity index (χ3v) is 5.02. The van der Waals surface area contributed by atoms with Gasteiger partial charge < -0.3 is 4.90 Å². The van der Waals surface area contributed by atoms with Gasteiger partial charge in [-0.25, -0.2) is 9.29 Å². The van der Waals surface area contributed by atoms with Crippen molar-refractivity contribution in [3.63, 3.8) is 0 Å². The standard InChI is InChI=1S/C21H19FN2O3/c1-13-2-8-17(9-3-13)24-19(25)12-18(21(24)27)23(16-10-11-16)20(26)14-4-6-15(22)7-5-14/h2-9,16,18H,10-12H2,1H3. The zero-order chi connectivity index (χ0) is 19.1. The van der Waals surface area contributed by atoms with Crippen molar-refractivity contribution in [3.8, 4) is 0 Å². The molecule has 27 heavy (non-hydrogen) atoms. The first-order valence-corrected chi connectivity index (χ1v) is 8.97. The van der Waals surface area contributed by atoms with Crippen molar-refractivity contribution >= 4 is 23.4 Å². The molecule has 2 aromatic carbocycles. The Hall–Kier alpha value is -3.02. The van der Waals surface area contributed by atoms with Crippen LogP contribution in [-0.4, -0.2) is 34.7 Å². The van der Waals surface area contributed by atoms with Gasteiger partial charge in [-0.15, -0.1) is 0 Å². The number of anilines is 1. The van der Waals surface area contributed by atoms with Crippen LogP contribution in [0.1, 0.15) is 35.2 Å². The van der Waals surface area contributed by atoms with Crippen LogP contribution in [0.15, 0.2) is 48.5 Å². The number of aryl methyl sites for hydroxylation is 1. The van der Waals surface area contributed by atoms with Gasteiger partial charge in [-0.3, -0.25) is 14.4 Å². The van der Waals surface area contributed by atoms with E-state index in [0.29, 0.717) is 11.3 Å². The summed E-state index contributed by atoms with van der Waals surface area (Å²) < 4.78 is 13.2. The van der Waals surface area contributed by atoms with E-state index in [2.05, 4.69) is 0 Å². The Kier molecular flexibility index (Phi) is 4.26. The highest BCUT2D eigenvalue weighted by atomic mass is 19.1. The lowest BCUT2D eigenvalue weighted by molar-refractivity contribution is -0.122. The van der Waals surface area contributed by atoms with Crippen LogP contribution in [0.25, 0.3) is 0 Å². The highest BCUT2D eigenvalue weighted by Gasteiger charge is 2.48. The van der Waals surface area contributed by atoms with Crippen LogP contribution in [0.3, 0.4) is 0 Å². The van der Waals surface area contributed by atoms with E-state index in [-0.39, 0.29) is 30.2 Å². The molecule has 6 heteroatoms. The van der Waals surface area contributed by atoms with E-state index in [1.165, 1.54) is 29.2 Å². The summed E-state index contributed by atoms with van der Waals surface area (Å²) in [6, 6.07) is 11.5. The first-order valence-electron chi connectivity index (χ1n) is 8.97. The lowest BCUT2D eigenvalue weighted by Crippen LogP contribution is -2.46. The van der Waals surface area contributed by atoms with Crippen LogP contribution >= 0.6 is 0 Å².